The first-order chi connectivity index (χ1) is 11.8. The van der Waals surface area contributed by atoms with Gasteiger partial charge in [-0.1, -0.05) is 30.0 Å². The van der Waals surface area contributed by atoms with Gasteiger partial charge in [-0.05, 0) is 29.5 Å². The van der Waals surface area contributed by atoms with E-state index >= 15 is 0 Å². The highest BCUT2D eigenvalue weighted by molar-refractivity contribution is 8.00. The Morgan fingerprint density at radius 2 is 2.17 bits per heavy atom. The highest BCUT2D eigenvalue weighted by Crippen LogP contribution is 2.28. The van der Waals surface area contributed by atoms with E-state index in [0.717, 1.165) is 33.0 Å². The maximum absolute atomic E-state index is 12.0. The molecule has 0 saturated carbocycles. The van der Waals surface area contributed by atoms with E-state index in [2.05, 4.69) is 15.3 Å². The molecule has 24 heavy (non-hydrogen) atoms. The molecule has 3 aromatic rings. The summed E-state index contributed by atoms with van der Waals surface area (Å²) in [6, 6.07) is 9.79. The van der Waals surface area contributed by atoms with Gasteiger partial charge in [-0.15, -0.1) is 11.3 Å². The number of rotatable bonds is 7. The molecule has 0 spiro atoms. The quantitative estimate of drug-likeness (QED) is 0.519. The molecular weight excluding hydrogens is 342 g/mol. The number of hydrogen-bond acceptors (Lipinski definition) is 6. The fraction of sp³-hybridized carbons (Fsp3) is 0.235. The SMILES string of the molecule is COc1ccccc1CCNC(=O)CSc1ncnc2ccsc12. The van der Waals surface area contributed by atoms with Crippen LogP contribution in [0.25, 0.3) is 10.2 Å². The van der Waals surface area contributed by atoms with Gasteiger partial charge in [-0.3, -0.25) is 4.79 Å². The van der Waals surface area contributed by atoms with Gasteiger partial charge in [0.05, 0.1) is 23.1 Å². The number of aromatic nitrogens is 2. The molecule has 0 saturated heterocycles. The molecule has 0 radical (unpaired) electrons. The maximum atomic E-state index is 12.0. The number of ether oxygens (including phenoxy) is 1. The molecule has 0 unspecified atom stereocenters. The van der Waals surface area contributed by atoms with Crippen molar-refractivity contribution in [3.63, 3.8) is 0 Å². The van der Waals surface area contributed by atoms with Crippen molar-refractivity contribution in [2.45, 2.75) is 11.4 Å². The minimum atomic E-state index is -0.00165. The Hall–Kier alpha value is -2.12. The minimum Gasteiger partial charge on any atom is -0.496 e. The number of thiophene rings is 1. The minimum absolute atomic E-state index is 0.00165. The molecular formula is C17H17N3O2S2. The summed E-state index contributed by atoms with van der Waals surface area (Å²) >= 11 is 3.03. The van der Waals surface area contributed by atoms with E-state index in [-0.39, 0.29) is 5.91 Å². The highest BCUT2D eigenvalue weighted by Gasteiger charge is 2.09. The molecule has 3 rings (SSSR count). The van der Waals surface area contributed by atoms with Gasteiger partial charge in [-0.2, -0.15) is 0 Å². The lowest BCUT2D eigenvalue weighted by molar-refractivity contribution is -0.118. The van der Waals surface area contributed by atoms with Crippen molar-refractivity contribution >= 4 is 39.2 Å². The molecule has 124 valence electrons. The van der Waals surface area contributed by atoms with Crippen LogP contribution < -0.4 is 10.1 Å². The number of benzene rings is 1. The predicted molar refractivity (Wildman–Crippen MR) is 97.8 cm³/mol. The molecule has 0 fully saturated rings. The standard InChI is InChI=1S/C17H17N3O2S2/c1-22-14-5-3-2-4-12(14)6-8-18-15(21)10-24-17-16-13(7-9-23-16)19-11-20-17/h2-5,7,9,11H,6,8,10H2,1H3,(H,18,21). The zero-order chi connectivity index (χ0) is 16.8. The van der Waals surface area contributed by atoms with Crippen molar-refractivity contribution in [3.8, 4) is 5.75 Å². The van der Waals surface area contributed by atoms with Crippen molar-refractivity contribution in [1.29, 1.82) is 0 Å². The van der Waals surface area contributed by atoms with Crippen LogP contribution in [0.4, 0.5) is 0 Å². The molecule has 0 aliphatic rings. The van der Waals surface area contributed by atoms with E-state index in [4.69, 9.17) is 4.74 Å². The molecule has 2 heterocycles. The van der Waals surface area contributed by atoms with Crippen molar-refractivity contribution in [1.82, 2.24) is 15.3 Å². The topological polar surface area (TPSA) is 64.1 Å². The van der Waals surface area contributed by atoms with Gasteiger partial charge < -0.3 is 10.1 Å². The Balaban J connectivity index is 1.49. The largest absolute Gasteiger partial charge is 0.496 e. The molecule has 1 N–H and O–H groups in total. The second-order valence-electron chi connectivity index (χ2n) is 5.01. The van der Waals surface area contributed by atoms with Gasteiger partial charge in [0.15, 0.2) is 0 Å². The zero-order valence-corrected chi connectivity index (χ0v) is 14.8. The molecule has 1 amide bonds. The summed E-state index contributed by atoms with van der Waals surface area (Å²) in [5.41, 5.74) is 2.01. The van der Waals surface area contributed by atoms with Gasteiger partial charge in [0, 0.05) is 6.54 Å². The predicted octanol–water partition coefficient (Wildman–Crippen LogP) is 3.15. The highest BCUT2D eigenvalue weighted by atomic mass is 32.2. The van der Waals surface area contributed by atoms with Crippen LogP contribution in [-0.2, 0) is 11.2 Å². The van der Waals surface area contributed by atoms with Crippen LogP contribution in [-0.4, -0.2) is 35.3 Å². The van der Waals surface area contributed by atoms with Crippen LogP contribution in [0.5, 0.6) is 5.75 Å². The van der Waals surface area contributed by atoms with Crippen LogP contribution in [0.3, 0.4) is 0 Å². The number of amides is 1. The van der Waals surface area contributed by atoms with Crippen LogP contribution >= 0.6 is 23.1 Å². The number of hydrogen-bond donors (Lipinski definition) is 1. The number of fused-ring (bicyclic) bond motifs is 1. The maximum Gasteiger partial charge on any atom is 0.230 e. The second kappa shape index (κ2) is 8.12. The van der Waals surface area contributed by atoms with Crippen LogP contribution in [0.2, 0.25) is 0 Å². The number of carbonyl (C=O) groups excluding carboxylic acids is 1. The average Bonchev–Trinajstić information content (AvgIpc) is 3.09. The van der Waals surface area contributed by atoms with E-state index in [1.165, 1.54) is 18.1 Å². The Morgan fingerprint density at radius 1 is 1.29 bits per heavy atom. The summed E-state index contributed by atoms with van der Waals surface area (Å²) in [4.78, 5) is 20.5. The van der Waals surface area contributed by atoms with Crippen molar-refractivity contribution in [3.05, 3.63) is 47.6 Å². The average molecular weight is 359 g/mol. The molecule has 5 nitrogen and oxygen atoms in total. The molecule has 7 heteroatoms. The second-order valence-corrected chi connectivity index (χ2v) is 6.89. The van der Waals surface area contributed by atoms with Crippen molar-refractivity contribution < 1.29 is 9.53 Å². The summed E-state index contributed by atoms with van der Waals surface area (Å²) in [6.07, 6.45) is 2.28. The molecule has 2 aromatic heterocycles. The van der Waals surface area contributed by atoms with Crippen LogP contribution in [0.15, 0.2) is 47.1 Å². The van der Waals surface area contributed by atoms with Crippen LogP contribution in [0, 0.1) is 0 Å². The Labute approximate surface area is 148 Å². The third-order valence-corrected chi connectivity index (χ3v) is 5.49. The Bertz CT molecular complexity index is 835. The first-order valence-corrected chi connectivity index (χ1v) is 9.34. The number of nitrogens with one attached hydrogen (secondary N) is 1. The van der Waals surface area contributed by atoms with E-state index in [1.54, 1.807) is 18.4 Å². The summed E-state index contributed by atoms with van der Waals surface area (Å²) in [6.45, 7) is 0.581. The lowest BCUT2D eigenvalue weighted by Gasteiger charge is -2.09. The number of para-hydroxylation sites is 1. The first kappa shape index (κ1) is 16.7. The smallest absolute Gasteiger partial charge is 0.230 e. The zero-order valence-electron chi connectivity index (χ0n) is 13.2. The number of nitrogens with zero attached hydrogens (tertiary/aromatic N) is 2. The molecule has 1 aromatic carbocycles. The van der Waals surface area contributed by atoms with Gasteiger partial charge in [0.25, 0.3) is 0 Å². The third kappa shape index (κ3) is 4.04. The summed E-state index contributed by atoms with van der Waals surface area (Å²) in [5.74, 6) is 1.19. The van der Waals surface area contributed by atoms with E-state index in [1.807, 2.05) is 35.7 Å². The summed E-state index contributed by atoms with van der Waals surface area (Å²) in [5, 5.41) is 5.78. The fourth-order valence-electron chi connectivity index (χ4n) is 2.30. The fourth-order valence-corrected chi connectivity index (χ4v) is 4.08. The first-order valence-electron chi connectivity index (χ1n) is 7.47. The van der Waals surface area contributed by atoms with Gasteiger partial charge in [0.2, 0.25) is 5.91 Å². The summed E-state index contributed by atoms with van der Waals surface area (Å²) < 4.78 is 6.34. The molecule has 0 atom stereocenters. The lowest BCUT2D eigenvalue weighted by Crippen LogP contribution is -2.27. The van der Waals surface area contributed by atoms with Gasteiger partial charge in [0.1, 0.15) is 17.1 Å². The van der Waals surface area contributed by atoms with Crippen LogP contribution in [0.1, 0.15) is 5.56 Å². The van der Waals surface area contributed by atoms with E-state index in [9.17, 15) is 4.79 Å². The van der Waals surface area contributed by atoms with E-state index in [0.29, 0.717) is 12.3 Å². The lowest BCUT2D eigenvalue weighted by atomic mass is 10.1. The number of carbonyl (C=O) groups is 1. The van der Waals surface area contributed by atoms with Crippen molar-refractivity contribution in [2.24, 2.45) is 0 Å². The van der Waals surface area contributed by atoms with Gasteiger partial charge in [-0.25, -0.2) is 9.97 Å². The Kier molecular flexibility index (Phi) is 5.66. The van der Waals surface area contributed by atoms with Crippen molar-refractivity contribution in [2.75, 3.05) is 19.4 Å². The van der Waals surface area contributed by atoms with Gasteiger partial charge >= 0.3 is 0 Å². The van der Waals surface area contributed by atoms with E-state index < -0.39 is 0 Å². The third-order valence-electron chi connectivity index (χ3n) is 3.46. The number of methoxy groups -OCH3 is 1. The monoisotopic (exact) mass is 359 g/mol. The summed E-state index contributed by atoms with van der Waals surface area (Å²) in [7, 11) is 1.65. The normalized spacial score (nSPS) is 10.7. The molecule has 0 aliphatic carbocycles. The molecule has 0 bridgehead atoms. The molecule has 0 aliphatic heterocycles. The Morgan fingerprint density at radius 3 is 3.04 bits per heavy atom. The number of thioether (sulfide) groups is 1.